The van der Waals surface area contributed by atoms with Gasteiger partial charge in [-0.3, -0.25) is 4.79 Å². The van der Waals surface area contributed by atoms with Crippen molar-refractivity contribution in [3.05, 3.63) is 0 Å². The number of aliphatic hydroxyl groups is 1. The summed E-state index contributed by atoms with van der Waals surface area (Å²) in [5, 5.41) is 8.64. The molecule has 0 aliphatic heterocycles. The van der Waals surface area contributed by atoms with E-state index < -0.39 is 6.29 Å². The highest BCUT2D eigenvalue weighted by Gasteiger charge is 1.91. The number of rotatable bonds is 1. The van der Waals surface area contributed by atoms with Gasteiger partial charge in [-0.1, -0.05) is 0 Å². The van der Waals surface area contributed by atoms with E-state index >= 15 is 0 Å². The van der Waals surface area contributed by atoms with Crippen LogP contribution in [-0.4, -0.2) is 21.6 Å². The Labute approximate surface area is 77.2 Å². The van der Waals surface area contributed by atoms with Crippen molar-refractivity contribution in [2.75, 3.05) is 0 Å². The molecule has 0 fully saturated rings. The van der Waals surface area contributed by atoms with Crippen LogP contribution in [0.1, 0.15) is 20.8 Å². The van der Waals surface area contributed by atoms with Gasteiger partial charge in [0.2, 0.25) is 0 Å². The first-order chi connectivity index (χ1) is 4.86. The molecule has 1 unspecified atom stereocenters. The van der Waals surface area contributed by atoms with Crippen molar-refractivity contribution in [1.29, 1.82) is 0 Å². The minimum atomic E-state index is -0.766. The van der Waals surface area contributed by atoms with Gasteiger partial charge in [-0.2, -0.15) is 0 Å². The number of thiocarbonyl (C=S) groups is 1. The molecule has 0 aliphatic carbocycles. The molecule has 0 aliphatic rings. The van der Waals surface area contributed by atoms with E-state index in [1.54, 1.807) is 6.92 Å². The Morgan fingerprint density at radius 1 is 1.64 bits per heavy atom. The van der Waals surface area contributed by atoms with Gasteiger partial charge in [0.1, 0.15) is 0 Å². The maximum Gasteiger partial charge on any atom is 0.195 e. The Balaban J connectivity index is 0. The second-order valence-electron chi connectivity index (χ2n) is 1.73. The smallest absolute Gasteiger partial charge is 0.195 e. The zero-order valence-corrected chi connectivity index (χ0v) is 8.41. The van der Waals surface area contributed by atoms with Gasteiger partial charge in [-0.15, -0.1) is 12.6 Å². The van der Waals surface area contributed by atoms with Gasteiger partial charge in [-0.25, -0.2) is 0 Å². The molecule has 66 valence electrons. The summed E-state index contributed by atoms with van der Waals surface area (Å²) in [6.45, 7) is 4.51. The van der Waals surface area contributed by atoms with Crippen molar-refractivity contribution in [2.24, 2.45) is 0 Å². The molecular weight excluding hydrogens is 184 g/mol. The molecule has 1 atom stereocenters. The van der Waals surface area contributed by atoms with Crippen molar-refractivity contribution in [1.82, 2.24) is 0 Å². The number of carbonyl (C=O) groups is 1. The maximum absolute atomic E-state index is 9.31. The summed E-state index contributed by atoms with van der Waals surface area (Å²) >= 11 is 7.82. The molecule has 0 aromatic rings. The lowest BCUT2D eigenvalue weighted by Crippen LogP contribution is -2.08. The van der Waals surface area contributed by atoms with Gasteiger partial charge >= 0.3 is 0 Å². The van der Waals surface area contributed by atoms with Crippen LogP contribution in [0.3, 0.4) is 0 Å². The third-order valence-corrected chi connectivity index (χ3v) is 0.433. The van der Waals surface area contributed by atoms with Gasteiger partial charge < -0.3 is 9.84 Å². The summed E-state index contributed by atoms with van der Waals surface area (Å²) in [5.74, 6) is 0. The van der Waals surface area contributed by atoms with Crippen molar-refractivity contribution in [3.63, 3.8) is 0 Å². The highest BCUT2D eigenvalue weighted by Crippen LogP contribution is 1.85. The monoisotopic (exact) mass is 196 g/mol. The van der Waals surface area contributed by atoms with Crippen LogP contribution >= 0.6 is 24.8 Å². The number of ether oxygens (including phenoxy) is 1. The lowest BCUT2D eigenvalue weighted by Gasteiger charge is -2.03. The molecule has 1 N–H and O–H groups in total. The first kappa shape index (κ1) is 13.5. The summed E-state index contributed by atoms with van der Waals surface area (Å²) in [7, 11) is 0. The standard InChI is InChI=1S/C4H8O2S.C2H4OS/c1-3(5)6-4(2)7;1-2(3)4/h3,5H,1-2H3;1H3,(H,3,4). The average molecular weight is 196 g/mol. The summed E-state index contributed by atoms with van der Waals surface area (Å²) in [4.78, 5) is 9.31. The van der Waals surface area contributed by atoms with Gasteiger partial charge in [0.15, 0.2) is 16.5 Å². The number of hydrogen-bond acceptors (Lipinski definition) is 4. The highest BCUT2D eigenvalue weighted by molar-refractivity contribution is 7.96. The van der Waals surface area contributed by atoms with Crippen LogP contribution in [0.5, 0.6) is 0 Å². The topological polar surface area (TPSA) is 46.5 Å². The molecule has 0 heterocycles. The second-order valence-corrected chi connectivity index (χ2v) is 2.93. The molecule has 3 nitrogen and oxygen atoms in total. The number of hydrogen-bond donors (Lipinski definition) is 2. The van der Waals surface area contributed by atoms with Gasteiger partial charge in [-0.05, 0) is 19.1 Å². The number of thiol groups is 1. The molecule has 0 rings (SSSR count). The predicted molar refractivity (Wildman–Crippen MR) is 50.7 cm³/mol. The quantitative estimate of drug-likeness (QED) is 0.375. The van der Waals surface area contributed by atoms with E-state index in [1.807, 2.05) is 0 Å². The number of carbonyl (C=O) groups excluding carboxylic acids is 1. The Morgan fingerprint density at radius 3 is 1.91 bits per heavy atom. The van der Waals surface area contributed by atoms with Crippen LogP contribution in [0.15, 0.2) is 0 Å². The van der Waals surface area contributed by atoms with Crippen LogP contribution in [0.2, 0.25) is 0 Å². The van der Waals surface area contributed by atoms with Crippen LogP contribution < -0.4 is 0 Å². The van der Waals surface area contributed by atoms with E-state index in [0.717, 1.165) is 0 Å². The molecular formula is C6H12O3S2. The van der Waals surface area contributed by atoms with E-state index in [4.69, 9.17) is 5.11 Å². The van der Waals surface area contributed by atoms with E-state index in [9.17, 15) is 4.79 Å². The van der Waals surface area contributed by atoms with Gasteiger partial charge in [0, 0.05) is 13.8 Å². The molecule has 0 radical (unpaired) electrons. The summed E-state index contributed by atoms with van der Waals surface area (Å²) < 4.78 is 4.54. The SMILES string of the molecule is CC(=O)S.CC(=S)OC(C)O. The lowest BCUT2D eigenvalue weighted by molar-refractivity contribution is -0.108. The summed E-state index contributed by atoms with van der Waals surface area (Å²) in [5.41, 5.74) is 0. The largest absolute Gasteiger partial charge is 0.459 e. The zero-order chi connectivity index (χ0) is 9.44. The molecule has 0 saturated heterocycles. The molecule has 5 heteroatoms. The minimum Gasteiger partial charge on any atom is -0.459 e. The molecule has 0 spiro atoms. The van der Waals surface area contributed by atoms with Crippen LogP contribution in [-0.2, 0) is 9.53 Å². The van der Waals surface area contributed by atoms with Crippen molar-refractivity contribution in [3.8, 4) is 0 Å². The van der Waals surface area contributed by atoms with Gasteiger partial charge in [0.05, 0.1) is 0 Å². The van der Waals surface area contributed by atoms with Crippen molar-refractivity contribution >= 4 is 35.0 Å². The Bertz CT molecular complexity index is 130. The van der Waals surface area contributed by atoms with E-state index in [1.165, 1.54) is 13.8 Å². The van der Waals surface area contributed by atoms with Crippen LogP contribution in [0, 0.1) is 0 Å². The Morgan fingerprint density at radius 2 is 1.91 bits per heavy atom. The average Bonchev–Trinajstić information content (AvgIpc) is 1.56. The molecule has 0 bridgehead atoms. The van der Waals surface area contributed by atoms with Gasteiger partial charge in [0.25, 0.3) is 0 Å². The predicted octanol–water partition coefficient (Wildman–Crippen LogP) is 1.15. The first-order valence-corrected chi connectivity index (χ1v) is 3.76. The fraction of sp³-hybridized carbons (Fsp3) is 0.667. The minimum absolute atomic E-state index is 0.139. The second kappa shape index (κ2) is 7.97. The normalized spacial score (nSPS) is 10.6. The zero-order valence-electron chi connectivity index (χ0n) is 6.70. The van der Waals surface area contributed by atoms with E-state index in [0.29, 0.717) is 5.05 Å². The fourth-order valence-corrected chi connectivity index (χ4v) is 0.379. The Kier molecular flexibility index (Phi) is 9.75. The van der Waals surface area contributed by atoms with Crippen molar-refractivity contribution in [2.45, 2.75) is 27.1 Å². The molecule has 0 aromatic carbocycles. The van der Waals surface area contributed by atoms with Crippen LogP contribution in [0.4, 0.5) is 0 Å². The molecule has 0 amide bonds. The van der Waals surface area contributed by atoms with E-state index in [2.05, 4.69) is 29.6 Å². The fourth-order valence-electron chi connectivity index (χ4n) is 0.240. The first-order valence-electron chi connectivity index (χ1n) is 2.91. The molecule has 0 saturated carbocycles. The summed E-state index contributed by atoms with van der Waals surface area (Å²) in [6.07, 6.45) is -0.766. The van der Waals surface area contributed by atoms with Crippen molar-refractivity contribution < 1.29 is 14.6 Å². The number of aliphatic hydroxyl groups excluding tert-OH is 1. The Hall–Kier alpha value is -0.130. The third-order valence-electron chi connectivity index (χ3n) is 0.337. The molecule has 11 heavy (non-hydrogen) atoms. The lowest BCUT2D eigenvalue weighted by atomic mass is 10.7. The van der Waals surface area contributed by atoms with Crippen LogP contribution in [0.25, 0.3) is 0 Å². The van der Waals surface area contributed by atoms with E-state index in [-0.39, 0.29) is 5.12 Å². The highest BCUT2D eigenvalue weighted by atomic mass is 32.1. The summed E-state index contributed by atoms with van der Waals surface area (Å²) in [6, 6.07) is 0. The maximum atomic E-state index is 9.31. The third kappa shape index (κ3) is 40.8. The molecule has 0 aromatic heterocycles.